The van der Waals surface area contributed by atoms with Crippen LogP contribution in [0.1, 0.15) is 23.6 Å². The van der Waals surface area contributed by atoms with E-state index in [1.165, 1.54) is 6.07 Å². The molecule has 1 fully saturated rings. The maximum Gasteiger partial charge on any atom is 0.255 e. The number of carbonyl (C=O) groups is 3. The molecule has 2 atom stereocenters. The molecule has 2 aliphatic heterocycles. The Morgan fingerprint density at radius 3 is 2.76 bits per heavy atom. The van der Waals surface area contributed by atoms with Crippen molar-refractivity contribution in [2.24, 2.45) is 5.73 Å². The molecule has 0 bridgehead atoms. The average Bonchev–Trinajstić information content (AvgIpc) is 3.24. The van der Waals surface area contributed by atoms with Crippen LogP contribution in [0.5, 0.6) is 5.75 Å². The smallest absolute Gasteiger partial charge is 0.255 e. The van der Waals surface area contributed by atoms with Crippen molar-refractivity contribution in [2.75, 3.05) is 44.4 Å². The van der Waals surface area contributed by atoms with Gasteiger partial charge in [-0.05, 0) is 41.8 Å². The molecule has 1 unspecified atom stereocenters. The largest absolute Gasteiger partial charge is 0.484 e. The number of β-amino-alcohol motifs (C(OH)–C–C–N with tert-alkyl or cyclic N) is 1. The molecule has 0 saturated carbocycles. The number of benzene rings is 2. The average molecular weight is 533 g/mol. The van der Waals surface area contributed by atoms with Gasteiger partial charge in [-0.3, -0.25) is 28.4 Å². The summed E-state index contributed by atoms with van der Waals surface area (Å²) in [6, 6.07) is 11.5. The highest BCUT2D eigenvalue weighted by atomic mass is 32.3. The number of nitrogens with zero attached hydrogens (tertiary/aromatic N) is 2. The number of aliphatic hydroxyl groups is 1. The second-order valence-corrected chi connectivity index (χ2v) is 11.5. The Labute approximate surface area is 216 Å². The van der Waals surface area contributed by atoms with Gasteiger partial charge in [0, 0.05) is 26.7 Å². The Bertz CT molecular complexity index is 1190. The summed E-state index contributed by atoms with van der Waals surface area (Å²) in [5.74, 6) is -1.20. The summed E-state index contributed by atoms with van der Waals surface area (Å²) in [5, 5.41) is 12.6. The third-order valence-corrected chi connectivity index (χ3v) is 8.25. The van der Waals surface area contributed by atoms with Crippen molar-refractivity contribution in [1.82, 2.24) is 9.80 Å². The van der Waals surface area contributed by atoms with Crippen LogP contribution >= 0.6 is 10.6 Å². The minimum atomic E-state index is -3.21. The Hall–Kier alpha value is -3.16. The van der Waals surface area contributed by atoms with E-state index >= 15 is 0 Å². The van der Waals surface area contributed by atoms with E-state index in [2.05, 4.69) is 10.2 Å². The molecule has 0 aromatic heterocycles. The number of carbonyl (C=O) groups excluding carboxylic acids is 3. The summed E-state index contributed by atoms with van der Waals surface area (Å²) < 4.78 is 25.9. The number of hydrogen-bond acceptors (Lipinski definition) is 8. The van der Waals surface area contributed by atoms with Crippen molar-refractivity contribution in [2.45, 2.75) is 29.9 Å². The van der Waals surface area contributed by atoms with Crippen LogP contribution in [-0.4, -0.2) is 86.9 Å². The number of amides is 3. The Morgan fingerprint density at radius 2 is 2.05 bits per heavy atom. The zero-order valence-electron chi connectivity index (χ0n) is 20.5. The minimum Gasteiger partial charge on any atom is -0.484 e. The third-order valence-electron chi connectivity index (χ3n) is 6.52. The van der Waals surface area contributed by atoms with Crippen LogP contribution in [0.2, 0.25) is 0 Å². The lowest BCUT2D eigenvalue weighted by Crippen LogP contribution is -2.39. The molecule has 2 heterocycles. The molecule has 3 amide bonds. The molecule has 0 spiro atoms. The first kappa shape index (κ1) is 26.9. The van der Waals surface area contributed by atoms with Crippen molar-refractivity contribution in [3.63, 3.8) is 0 Å². The quantitative estimate of drug-likeness (QED) is 0.323. The van der Waals surface area contributed by atoms with Crippen LogP contribution in [0.3, 0.4) is 0 Å². The minimum absolute atomic E-state index is 0.0236. The fourth-order valence-corrected chi connectivity index (χ4v) is 5.97. The fourth-order valence-electron chi connectivity index (χ4n) is 4.63. The molecular weight excluding hydrogens is 500 g/mol. The maximum atomic E-state index is 13.4. The third kappa shape index (κ3) is 6.59. The molecule has 6 N–H and O–H groups in total. The van der Waals surface area contributed by atoms with Crippen LogP contribution in [0, 0.1) is 0 Å². The standard InChI is InChI=1S/C25H32N4O7S/c1-28(25(33)10-16-5-6-22-20(9-16)27-24(32)15-37(22,34)35)21(13-29-8-7-18(30)12-29)17-3-2-4-19(11-17)36-14-23(26)31/h2-6,9,11,18,21,30,34-35H,7-8,10,12-15H2,1H3,(H2,26,31)(H,27,32)/t18?,21-/m1/s1. The first-order valence-corrected chi connectivity index (χ1v) is 13.6. The summed E-state index contributed by atoms with van der Waals surface area (Å²) in [6.45, 7) is 1.43. The van der Waals surface area contributed by atoms with Gasteiger partial charge in [-0.25, -0.2) is 0 Å². The second-order valence-electron chi connectivity index (χ2n) is 9.42. The Morgan fingerprint density at radius 1 is 1.27 bits per heavy atom. The highest BCUT2D eigenvalue weighted by molar-refractivity contribution is 8.25. The number of primary amides is 1. The predicted molar refractivity (Wildman–Crippen MR) is 138 cm³/mol. The second kappa shape index (κ2) is 11.1. The van der Waals surface area contributed by atoms with Gasteiger partial charge in [0.15, 0.2) is 6.61 Å². The van der Waals surface area contributed by atoms with Gasteiger partial charge in [0.1, 0.15) is 11.5 Å². The number of anilines is 1. The molecular formula is C25H32N4O7S. The molecule has 37 heavy (non-hydrogen) atoms. The summed E-state index contributed by atoms with van der Waals surface area (Å²) in [6.07, 6.45) is 0.270. The molecule has 0 aliphatic carbocycles. The molecule has 2 aromatic carbocycles. The number of rotatable bonds is 9. The van der Waals surface area contributed by atoms with Crippen molar-refractivity contribution >= 4 is 34.0 Å². The van der Waals surface area contributed by atoms with E-state index in [-0.39, 0.29) is 35.6 Å². The van der Waals surface area contributed by atoms with E-state index in [0.717, 1.165) is 5.56 Å². The zero-order valence-corrected chi connectivity index (χ0v) is 21.3. The molecule has 200 valence electrons. The van der Waals surface area contributed by atoms with Crippen molar-refractivity contribution in [1.29, 1.82) is 0 Å². The number of likely N-dealkylation sites (N-methyl/N-ethyl adjacent to an activating group) is 1. The van der Waals surface area contributed by atoms with Gasteiger partial charge in [0.25, 0.3) is 5.91 Å². The van der Waals surface area contributed by atoms with E-state index in [9.17, 15) is 28.6 Å². The SMILES string of the molecule is CN(C(=O)Cc1ccc2c(c1)NC(=O)CS2(O)O)[C@H](CN1CCC(O)C1)c1cccc(OCC(N)=O)c1. The van der Waals surface area contributed by atoms with Crippen LogP contribution in [-0.2, 0) is 20.8 Å². The summed E-state index contributed by atoms with van der Waals surface area (Å²) >= 11 is 0. The van der Waals surface area contributed by atoms with E-state index in [1.807, 2.05) is 6.07 Å². The Kier molecular flexibility index (Phi) is 8.05. The van der Waals surface area contributed by atoms with Crippen molar-refractivity contribution in [3.8, 4) is 5.75 Å². The van der Waals surface area contributed by atoms with Crippen LogP contribution in [0.25, 0.3) is 0 Å². The number of hydrogen-bond donors (Lipinski definition) is 5. The van der Waals surface area contributed by atoms with E-state index in [1.54, 1.807) is 42.3 Å². The highest BCUT2D eigenvalue weighted by Crippen LogP contribution is 2.53. The molecule has 1 saturated heterocycles. The first-order valence-electron chi connectivity index (χ1n) is 11.9. The number of likely N-dealkylation sites (tertiary alicyclic amines) is 1. The monoisotopic (exact) mass is 532 g/mol. The normalized spacial score (nSPS) is 20.4. The number of ether oxygens (including phenoxy) is 1. The van der Waals surface area contributed by atoms with Gasteiger partial charge in [-0.2, -0.15) is 10.6 Å². The van der Waals surface area contributed by atoms with Crippen LogP contribution in [0.15, 0.2) is 47.4 Å². The molecule has 2 aromatic rings. The lowest BCUT2D eigenvalue weighted by Gasteiger charge is -2.37. The number of nitrogens with one attached hydrogen (secondary N) is 1. The van der Waals surface area contributed by atoms with Crippen molar-refractivity contribution < 1.29 is 33.3 Å². The highest BCUT2D eigenvalue weighted by Gasteiger charge is 2.31. The van der Waals surface area contributed by atoms with Gasteiger partial charge < -0.3 is 25.8 Å². The maximum absolute atomic E-state index is 13.4. The molecule has 2 aliphatic rings. The van der Waals surface area contributed by atoms with Gasteiger partial charge in [-0.1, -0.05) is 18.2 Å². The van der Waals surface area contributed by atoms with Crippen molar-refractivity contribution in [3.05, 3.63) is 53.6 Å². The number of nitrogens with two attached hydrogens (primary N) is 1. The molecule has 4 rings (SSSR count). The molecule has 11 nitrogen and oxygen atoms in total. The predicted octanol–water partition coefficient (Wildman–Crippen LogP) is 1.42. The lowest BCUT2D eigenvalue weighted by atomic mass is 10.0. The summed E-state index contributed by atoms with van der Waals surface area (Å²) in [4.78, 5) is 40.4. The number of aliphatic hydroxyl groups excluding tert-OH is 1. The zero-order chi connectivity index (χ0) is 26.7. The Balaban J connectivity index is 1.55. The topological polar surface area (TPSA) is 166 Å². The van der Waals surface area contributed by atoms with E-state index in [4.69, 9.17) is 10.5 Å². The fraction of sp³-hybridized carbons (Fsp3) is 0.400. The van der Waals surface area contributed by atoms with Gasteiger partial charge in [0.05, 0.1) is 29.1 Å². The van der Waals surface area contributed by atoms with Gasteiger partial charge in [-0.15, -0.1) is 0 Å². The van der Waals surface area contributed by atoms with Crippen LogP contribution < -0.4 is 15.8 Å². The number of fused-ring (bicyclic) bond motifs is 1. The van der Waals surface area contributed by atoms with E-state index in [0.29, 0.717) is 43.1 Å². The van der Waals surface area contributed by atoms with Crippen LogP contribution in [0.4, 0.5) is 5.69 Å². The lowest BCUT2D eigenvalue weighted by molar-refractivity contribution is -0.131. The first-order chi connectivity index (χ1) is 17.5. The molecule has 0 radical (unpaired) electrons. The summed E-state index contributed by atoms with van der Waals surface area (Å²) in [5.41, 5.74) is 6.90. The van der Waals surface area contributed by atoms with E-state index < -0.39 is 28.5 Å². The van der Waals surface area contributed by atoms with Gasteiger partial charge in [0.2, 0.25) is 11.8 Å². The van der Waals surface area contributed by atoms with Gasteiger partial charge >= 0.3 is 0 Å². The summed E-state index contributed by atoms with van der Waals surface area (Å²) in [7, 11) is -1.51. The molecule has 12 heteroatoms.